The highest BCUT2D eigenvalue weighted by molar-refractivity contribution is 5.58. The fraction of sp³-hybridized carbons (Fsp3) is 0.433. The van der Waals surface area contributed by atoms with Crippen LogP contribution in [-0.4, -0.2) is 45.2 Å². The van der Waals surface area contributed by atoms with Gasteiger partial charge in [0, 0.05) is 30.4 Å². The molecule has 0 spiro atoms. The minimum absolute atomic E-state index is 0.269. The maximum atomic E-state index is 12.5. The Morgan fingerprint density at radius 1 is 0.951 bits per heavy atom. The molecule has 2 aromatic carbocycles. The second-order valence-electron chi connectivity index (χ2n) is 10.9. The molecule has 1 saturated heterocycles. The smallest absolute Gasteiger partial charge is 0.424 e. The number of rotatable bonds is 8. The van der Waals surface area contributed by atoms with Gasteiger partial charge in [-0.3, -0.25) is 0 Å². The number of anilines is 2. The number of aromatic nitrogens is 4. The lowest BCUT2D eigenvalue weighted by atomic mass is 9.77. The molecule has 1 aliphatic heterocycles. The van der Waals surface area contributed by atoms with Gasteiger partial charge in [-0.15, -0.1) is 13.2 Å². The van der Waals surface area contributed by atoms with E-state index in [0.717, 1.165) is 38.0 Å². The molecule has 1 aliphatic carbocycles. The van der Waals surface area contributed by atoms with Crippen LogP contribution in [0.5, 0.6) is 5.75 Å². The van der Waals surface area contributed by atoms with Gasteiger partial charge >= 0.3 is 6.36 Å². The van der Waals surface area contributed by atoms with Gasteiger partial charge in [-0.1, -0.05) is 12.8 Å². The maximum Gasteiger partial charge on any atom is 0.573 e. The predicted octanol–water partition coefficient (Wildman–Crippen LogP) is 7.10. The number of piperidine rings is 1. The third-order valence-electron chi connectivity index (χ3n) is 8.15. The van der Waals surface area contributed by atoms with Gasteiger partial charge < -0.3 is 19.4 Å². The molecule has 41 heavy (non-hydrogen) atoms. The largest absolute Gasteiger partial charge is 0.573 e. The minimum atomic E-state index is -4.72. The zero-order chi connectivity index (χ0) is 28.2. The van der Waals surface area contributed by atoms with Crippen LogP contribution < -0.4 is 15.0 Å². The molecule has 11 heteroatoms. The van der Waals surface area contributed by atoms with Crippen molar-refractivity contribution in [3.63, 3.8) is 0 Å². The molecule has 3 atom stereocenters. The molecule has 2 aromatic heterocycles. The molecule has 216 valence electrons. The average molecular weight is 567 g/mol. The number of oxazole rings is 1. The van der Waals surface area contributed by atoms with E-state index in [1.807, 2.05) is 0 Å². The van der Waals surface area contributed by atoms with Crippen molar-refractivity contribution in [3.05, 3.63) is 67.4 Å². The van der Waals surface area contributed by atoms with Gasteiger partial charge in [0.15, 0.2) is 5.76 Å². The molecule has 8 nitrogen and oxygen atoms in total. The summed E-state index contributed by atoms with van der Waals surface area (Å²) in [5.74, 6) is 1.37. The molecule has 0 unspecified atom stereocenters. The van der Waals surface area contributed by atoms with Gasteiger partial charge in [0.05, 0.1) is 11.9 Å². The first-order valence-electron chi connectivity index (χ1n) is 14.2. The van der Waals surface area contributed by atoms with E-state index < -0.39 is 6.36 Å². The Bertz CT molecular complexity index is 1390. The Hall–Kier alpha value is -4.02. The van der Waals surface area contributed by atoms with Gasteiger partial charge in [0.25, 0.3) is 6.01 Å². The van der Waals surface area contributed by atoms with Gasteiger partial charge in [0.1, 0.15) is 18.4 Å². The average Bonchev–Trinajstić information content (AvgIpc) is 3.67. The Morgan fingerprint density at radius 2 is 1.73 bits per heavy atom. The number of nitrogens with zero attached hydrogens (tertiary/aromatic N) is 5. The van der Waals surface area contributed by atoms with Crippen LogP contribution in [0.2, 0.25) is 0 Å². The van der Waals surface area contributed by atoms with Crippen LogP contribution in [0.3, 0.4) is 0 Å². The zero-order valence-electron chi connectivity index (χ0n) is 22.6. The Morgan fingerprint density at radius 3 is 2.49 bits per heavy atom. The third-order valence-corrected chi connectivity index (χ3v) is 8.15. The zero-order valence-corrected chi connectivity index (χ0v) is 22.6. The summed E-state index contributed by atoms with van der Waals surface area (Å²) in [6, 6.07) is 14.8. The van der Waals surface area contributed by atoms with E-state index in [1.165, 1.54) is 62.0 Å². The number of nitrogens with one attached hydrogen (secondary N) is 1. The van der Waals surface area contributed by atoms with Crippen molar-refractivity contribution in [1.29, 1.82) is 0 Å². The number of alkyl halides is 3. The van der Waals surface area contributed by atoms with Crippen molar-refractivity contribution >= 4 is 11.7 Å². The molecule has 1 saturated carbocycles. The minimum Gasteiger partial charge on any atom is -0.424 e. The van der Waals surface area contributed by atoms with Crippen LogP contribution in [0.25, 0.3) is 17.0 Å². The normalized spacial score (nSPS) is 21.5. The van der Waals surface area contributed by atoms with Crippen LogP contribution in [0.4, 0.5) is 24.9 Å². The second kappa shape index (κ2) is 11.8. The fourth-order valence-corrected chi connectivity index (χ4v) is 6.21. The molecule has 6 rings (SSSR count). The monoisotopic (exact) mass is 566 g/mol. The van der Waals surface area contributed by atoms with Crippen molar-refractivity contribution in [2.45, 2.75) is 57.3 Å². The Balaban J connectivity index is 1.06. The first kappa shape index (κ1) is 27.2. The molecule has 0 amide bonds. The Labute approximate surface area is 236 Å². The fourth-order valence-electron chi connectivity index (χ4n) is 6.21. The first-order valence-corrected chi connectivity index (χ1v) is 14.2. The summed E-state index contributed by atoms with van der Waals surface area (Å²) in [6.45, 7) is 2.11. The lowest BCUT2D eigenvalue weighted by Crippen LogP contribution is -2.39. The quantitative estimate of drug-likeness (QED) is 0.244. The highest BCUT2D eigenvalue weighted by atomic mass is 19.4. The van der Waals surface area contributed by atoms with Gasteiger partial charge in [-0.25, -0.2) is 14.6 Å². The van der Waals surface area contributed by atoms with Crippen LogP contribution in [-0.2, 0) is 0 Å². The Kier molecular flexibility index (Phi) is 7.84. The number of hydrogen-bond acceptors (Lipinski definition) is 7. The highest BCUT2D eigenvalue weighted by Gasteiger charge is 2.32. The van der Waals surface area contributed by atoms with E-state index in [9.17, 15) is 13.2 Å². The van der Waals surface area contributed by atoms with Crippen molar-refractivity contribution < 1.29 is 22.3 Å². The number of hydrogen-bond donors (Lipinski definition) is 1. The molecule has 1 N–H and O–H groups in total. The molecule has 4 aromatic rings. The van der Waals surface area contributed by atoms with E-state index in [-0.39, 0.29) is 11.8 Å². The number of halogens is 3. The van der Waals surface area contributed by atoms with E-state index in [2.05, 4.69) is 54.3 Å². The summed E-state index contributed by atoms with van der Waals surface area (Å²) >= 11 is 0. The van der Waals surface area contributed by atoms with E-state index in [1.54, 1.807) is 17.2 Å². The van der Waals surface area contributed by atoms with Gasteiger partial charge in [-0.05, 0) is 92.5 Å². The summed E-state index contributed by atoms with van der Waals surface area (Å²) in [4.78, 5) is 10.9. The van der Waals surface area contributed by atoms with Crippen molar-refractivity contribution in [1.82, 2.24) is 19.7 Å². The molecular weight excluding hydrogens is 533 g/mol. The summed E-state index contributed by atoms with van der Waals surface area (Å²) in [6.07, 6.45) is 8.31. The van der Waals surface area contributed by atoms with Crippen molar-refractivity contribution in [2.75, 3.05) is 23.3 Å². The van der Waals surface area contributed by atoms with Gasteiger partial charge in [0.2, 0.25) is 0 Å². The first-order chi connectivity index (χ1) is 19.9. The molecule has 0 radical (unpaired) electrons. The van der Waals surface area contributed by atoms with E-state index in [0.29, 0.717) is 29.2 Å². The number of ether oxygens (including phenoxy) is 1. The van der Waals surface area contributed by atoms with E-state index >= 15 is 0 Å². The molecule has 2 aliphatic rings. The molecule has 2 fully saturated rings. The SMILES string of the molecule is FC(F)(F)Oc1ccc(-c2cnc(N[C@@H]3CCCC[C@H]3C[C@H]3CCCN(c4ccc(-n5cncn5)cc4)C3)o2)cc1. The highest BCUT2D eigenvalue weighted by Crippen LogP contribution is 2.36. The topological polar surface area (TPSA) is 81.2 Å². The summed E-state index contributed by atoms with van der Waals surface area (Å²) in [5, 5.41) is 7.75. The maximum absolute atomic E-state index is 12.5. The second-order valence-corrected chi connectivity index (χ2v) is 10.9. The van der Waals surface area contributed by atoms with Crippen LogP contribution >= 0.6 is 0 Å². The van der Waals surface area contributed by atoms with Gasteiger partial charge in [-0.2, -0.15) is 5.10 Å². The van der Waals surface area contributed by atoms with Crippen molar-refractivity contribution in [2.24, 2.45) is 11.8 Å². The van der Waals surface area contributed by atoms with E-state index in [4.69, 9.17) is 4.42 Å². The predicted molar refractivity (Wildman–Crippen MR) is 149 cm³/mol. The molecule has 0 bridgehead atoms. The van der Waals surface area contributed by atoms with Crippen LogP contribution in [0.15, 0.2) is 71.8 Å². The van der Waals surface area contributed by atoms with Crippen molar-refractivity contribution in [3.8, 4) is 22.8 Å². The van der Waals surface area contributed by atoms with Crippen LogP contribution in [0, 0.1) is 11.8 Å². The van der Waals surface area contributed by atoms with Crippen LogP contribution in [0.1, 0.15) is 44.9 Å². The lowest BCUT2D eigenvalue weighted by Gasteiger charge is -2.39. The summed E-state index contributed by atoms with van der Waals surface area (Å²) in [5.41, 5.74) is 2.87. The standard InChI is InChI=1S/C30H33F3N6O2/c31-30(32,33)41-26-13-7-22(8-14-26)28-17-35-29(40-28)37-27-6-2-1-5-23(27)16-21-4-3-15-38(18-21)24-9-11-25(12-10-24)39-20-34-19-36-39/h7-14,17,19-21,23,27H,1-6,15-16,18H2,(H,35,37)/t21-,23+,27-/m1/s1. The number of benzene rings is 2. The summed E-state index contributed by atoms with van der Waals surface area (Å²) in [7, 11) is 0. The lowest BCUT2D eigenvalue weighted by molar-refractivity contribution is -0.274. The summed E-state index contributed by atoms with van der Waals surface area (Å²) < 4.78 is 49.1. The third kappa shape index (κ3) is 6.83. The molecule has 3 heterocycles. The molecular formula is C30H33F3N6O2.